The topological polar surface area (TPSA) is 90.1 Å². The zero-order valence-corrected chi connectivity index (χ0v) is 12.1. The van der Waals surface area contributed by atoms with E-state index < -0.39 is 12.0 Å². The van der Waals surface area contributed by atoms with Crippen LogP contribution in [0.1, 0.15) is 18.1 Å². The first-order valence-electron chi connectivity index (χ1n) is 6.81. The van der Waals surface area contributed by atoms with Gasteiger partial charge in [0.05, 0.1) is 5.56 Å². The summed E-state index contributed by atoms with van der Waals surface area (Å²) in [4.78, 5) is 15.6. The second-order valence-electron chi connectivity index (χ2n) is 4.93. The van der Waals surface area contributed by atoms with Gasteiger partial charge in [-0.15, -0.1) is 0 Å². The number of carboxylic acids is 1. The molecule has 0 amide bonds. The van der Waals surface area contributed by atoms with Crippen molar-refractivity contribution in [3.05, 3.63) is 59.7 Å². The van der Waals surface area contributed by atoms with Crippen LogP contribution in [0.3, 0.4) is 0 Å². The number of rotatable bonds is 5. The van der Waals surface area contributed by atoms with Gasteiger partial charge in [-0.05, 0) is 24.6 Å². The minimum absolute atomic E-state index is 0.134. The summed E-state index contributed by atoms with van der Waals surface area (Å²) in [5.41, 5.74) is 1.29. The van der Waals surface area contributed by atoms with Crippen LogP contribution in [0.5, 0.6) is 11.5 Å². The molecule has 22 heavy (non-hydrogen) atoms. The highest BCUT2D eigenvalue weighted by Gasteiger charge is 2.19. The zero-order valence-electron chi connectivity index (χ0n) is 12.1. The van der Waals surface area contributed by atoms with Crippen molar-refractivity contribution in [1.82, 2.24) is 0 Å². The Labute approximate surface area is 128 Å². The van der Waals surface area contributed by atoms with Crippen LogP contribution >= 0.6 is 0 Å². The molecule has 0 bridgehead atoms. The summed E-state index contributed by atoms with van der Waals surface area (Å²) in [6, 6.07) is 12.5. The van der Waals surface area contributed by atoms with Crippen LogP contribution in [-0.4, -0.2) is 33.0 Å². The number of hydrogen-bond donors (Lipinski definition) is 3. The molecule has 3 N–H and O–H groups in total. The Hall–Kier alpha value is -2.82. The highest BCUT2D eigenvalue weighted by atomic mass is 16.4. The molecule has 1 unspecified atom stereocenters. The first kappa shape index (κ1) is 15.6. The van der Waals surface area contributed by atoms with E-state index in [0.717, 1.165) is 5.56 Å². The van der Waals surface area contributed by atoms with Gasteiger partial charge in [0.2, 0.25) is 0 Å². The van der Waals surface area contributed by atoms with Gasteiger partial charge in [-0.1, -0.05) is 36.4 Å². The molecule has 5 nitrogen and oxygen atoms in total. The molecular formula is C17H17NO4. The van der Waals surface area contributed by atoms with E-state index in [9.17, 15) is 20.1 Å². The number of carbonyl (C=O) groups is 1. The van der Waals surface area contributed by atoms with E-state index in [1.807, 2.05) is 30.3 Å². The van der Waals surface area contributed by atoms with E-state index >= 15 is 0 Å². The molecule has 0 aliphatic heterocycles. The highest BCUT2D eigenvalue weighted by Crippen LogP contribution is 2.27. The van der Waals surface area contributed by atoms with Gasteiger partial charge in [-0.3, -0.25) is 4.99 Å². The lowest BCUT2D eigenvalue weighted by Gasteiger charge is -2.11. The van der Waals surface area contributed by atoms with Crippen molar-refractivity contribution in [3.8, 4) is 11.5 Å². The Kier molecular flexibility index (Phi) is 4.78. The van der Waals surface area contributed by atoms with Crippen molar-refractivity contribution >= 4 is 11.7 Å². The first-order chi connectivity index (χ1) is 10.5. The molecular weight excluding hydrogens is 282 g/mol. The first-order valence-corrected chi connectivity index (χ1v) is 6.81. The Morgan fingerprint density at radius 2 is 1.64 bits per heavy atom. The highest BCUT2D eigenvalue weighted by molar-refractivity contribution is 6.04. The maximum absolute atomic E-state index is 11.4. The minimum atomic E-state index is -1.06. The molecule has 0 spiro atoms. The summed E-state index contributed by atoms with van der Waals surface area (Å²) >= 11 is 0. The number of benzene rings is 2. The van der Waals surface area contributed by atoms with E-state index in [1.165, 1.54) is 18.2 Å². The minimum Gasteiger partial charge on any atom is -0.507 e. The molecule has 0 saturated heterocycles. The summed E-state index contributed by atoms with van der Waals surface area (Å²) in [6.07, 6.45) is 0.238. The normalized spacial score (nSPS) is 12.9. The third-order valence-corrected chi connectivity index (χ3v) is 3.29. The van der Waals surface area contributed by atoms with E-state index in [1.54, 1.807) is 6.92 Å². The lowest BCUT2D eigenvalue weighted by atomic mass is 10.0. The number of aromatic hydroxyl groups is 2. The largest absolute Gasteiger partial charge is 0.507 e. The predicted molar refractivity (Wildman–Crippen MR) is 83.6 cm³/mol. The average Bonchev–Trinajstić information content (AvgIpc) is 2.47. The smallest absolute Gasteiger partial charge is 0.328 e. The van der Waals surface area contributed by atoms with Gasteiger partial charge >= 0.3 is 5.97 Å². The Morgan fingerprint density at radius 1 is 1.05 bits per heavy atom. The van der Waals surface area contributed by atoms with Crippen molar-refractivity contribution in [3.63, 3.8) is 0 Å². The van der Waals surface area contributed by atoms with Crippen molar-refractivity contribution in [1.29, 1.82) is 0 Å². The lowest BCUT2D eigenvalue weighted by molar-refractivity contribution is -0.138. The van der Waals surface area contributed by atoms with Gasteiger partial charge in [-0.25, -0.2) is 4.79 Å². The van der Waals surface area contributed by atoms with Crippen LogP contribution in [0.4, 0.5) is 0 Å². The third kappa shape index (κ3) is 3.63. The van der Waals surface area contributed by atoms with Crippen LogP contribution in [0, 0.1) is 0 Å². The number of phenolic OH excluding ortho intramolecular Hbond substituents is 2. The molecule has 2 aromatic rings. The number of aliphatic imine (C=N–C) groups is 1. The molecule has 0 aliphatic rings. The SMILES string of the molecule is C/C(=N\C(Cc1ccccc1)C(=O)O)c1c(O)cccc1O. The molecule has 2 rings (SSSR count). The lowest BCUT2D eigenvalue weighted by Crippen LogP contribution is -2.22. The van der Waals surface area contributed by atoms with Gasteiger partial charge in [0, 0.05) is 12.1 Å². The number of aliphatic carboxylic acids is 1. The molecule has 1 atom stereocenters. The fourth-order valence-electron chi connectivity index (χ4n) is 2.22. The summed E-state index contributed by atoms with van der Waals surface area (Å²) in [5.74, 6) is -1.33. The standard InChI is InChI=1S/C17H17NO4/c1-11(16-14(19)8-5-9-15(16)20)18-13(17(21)22)10-12-6-3-2-4-7-12/h2-9,13,19-20H,10H2,1H3,(H,21,22)/b18-11+. The van der Waals surface area contributed by atoms with Crippen LogP contribution in [0.15, 0.2) is 53.5 Å². The molecule has 0 aromatic heterocycles. The number of hydrogen-bond acceptors (Lipinski definition) is 4. The van der Waals surface area contributed by atoms with Gasteiger partial charge in [0.25, 0.3) is 0 Å². The van der Waals surface area contributed by atoms with E-state index in [0.29, 0.717) is 0 Å². The molecule has 0 fully saturated rings. The number of carboxylic acid groups (broad SMARTS) is 1. The molecule has 0 radical (unpaired) electrons. The van der Waals surface area contributed by atoms with E-state index in [4.69, 9.17) is 0 Å². The summed E-state index contributed by atoms with van der Waals surface area (Å²) in [7, 11) is 0. The average molecular weight is 299 g/mol. The van der Waals surface area contributed by atoms with Crippen LogP contribution in [-0.2, 0) is 11.2 Å². The summed E-state index contributed by atoms with van der Waals surface area (Å²) < 4.78 is 0. The molecule has 0 saturated carbocycles. The molecule has 0 aliphatic carbocycles. The zero-order chi connectivity index (χ0) is 16.1. The Bertz CT molecular complexity index is 675. The molecule has 114 valence electrons. The van der Waals surface area contributed by atoms with Crippen molar-refractivity contribution in [2.45, 2.75) is 19.4 Å². The van der Waals surface area contributed by atoms with Crippen molar-refractivity contribution in [2.24, 2.45) is 4.99 Å². The monoisotopic (exact) mass is 299 g/mol. The van der Waals surface area contributed by atoms with Gasteiger partial charge < -0.3 is 15.3 Å². The van der Waals surface area contributed by atoms with Gasteiger partial charge in [-0.2, -0.15) is 0 Å². The molecule has 2 aromatic carbocycles. The van der Waals surface area contributed by atoms with Crippen molar-refractivity contribution in [2.75, 3.05) is 0 Å². The third-order valence-electron chi connectivity index (χ3n) is 3.29. The quantitative estimate of drug-likeness (QED) is 0.740. The van der Waals surface area contributed by atoms with Gasteiger partial charge in [0.15, 0.2) is 6.04 Å². The molecule has 0 heterocycles. The van der Waals surface area contributed by atoms with Crippen LogP contribution in [0.25, 0.3) is 0 Å². The van der Waals surface area contributed by atoms with E-state index in [-0.39, 0.29) is 29.2 Å². The number of phenols is 2. The molecule has 5 heteroatoms. The van der Waals surface area contributed by atoms with Gasteiger partial charge in [0.1, 0.15) is 11.5 Å². The van der Waals surface area contributed by atoms with Crippen molar-refractivity contribution < 1.29 is 20.1 Å². The van der Waals surface area contributed by atoms with E-state index in [2.05, 4.69) is 4.99 Å². The summed E-state index contributed by atoms with van der Waals surface area (Å²) in [5, 5.41) is 29.0. The predicted octanol–water partition coefficient (Wildman–Crippen LogP) is 2.60. The fourth-order valence-corrected chi connectivity index (χ4v) is 2.22. The second kappa shape index (κ2) is 6.76. The summed E-state index contributed by atoms with van der Waals surface area (Å²) in [6.45, 7) is 1.57. The second-order valence-corrected chi connectivity index (χ2v) is 4.93. The van der Waals surface area contributed by atoms with Crippen LogP contribution in [0.2, 0.25) is 0 Å². The maximum atomic E-state index is 11.4. The maximum Gasteiger partial charge on any atom is 0.328 e. The Balaban J connectivity index is 2.32. The Morgan fingerprint density at radius 3 is 2.18 bits per heavy atom. The van der Waals surface area contributed by atoms with Crippen LogP contribution < -0.4 is 0 Å². The number of nitrogens with zero attached hydrogens (tertiary/aromatic N) is 1. The fraction of sp³-hybridized carbons (Fsp3) is 0.176.